The van der Waals surface area contributed by atoms with Crippen molar-refractivity contribution in [3.63, 3.8) is 0 Å². The summed E-state index contributed by atoms with van der Waals surface area (Å²) in [6.45, 7) is 0.240. The molecule has 8 heteroatoms. The Morgan fingerprint density at radius 1 is 1.06 bits per heavy atom. The van der Waals surface area contributed by atoms with Crippen molar-refractivity contribution in [2.45, 2.75) is 6.61 Å². The Hall–Kier alpha value is -3.03. The number of halogens is 2. The first kappa shape index (κ1) is 22.7. The van der Waals surface area contributed by atoms with Gasteiger partial charge in [-0.1, -0.05) is 45.7 Å². The molecule has 0 fully saturated rings. The lowest BCUT2D eigenvalue weighted by atomic mass is 10.2. The first-order chi connectivity index (χ1) is 15.0. The second-order valence-corrected chi connectivity index (χ2v) is 7.72. The Morgan fingerprint density at radius 2 is 1.87 bits per heavy atom. The summed E-state index contributed by atoms with van der Waals surface area (Å²) in [5.41, 5.74) is 4.16. The Morgan fingerprint density at radius 3 is 2.61 bits per heavy atom. The van der Waals surface area contributed by atoms with Gasteiger partial charge in [0.15, 0.2) is 18.1 Å². The van der Waals surface area contributed by atoms with Crippen LogP contribution in [-0.2, 0) is 11.4 Å². The number of methoxy groups -OCH3 is 1. The van der Waals surface area contributed by atoms with Crippen molar-refractivity contribution >= 4 is 39.7 Å². The number of nitrogens with zero attached hydrogens (tertiary/aromatic N) is 1. The number of carbonyl (C=O) groups is 1. The second-order valence-electron chi connectivity index (χ2n) is 6.36. The zero-order valence-corrected chi connectivity index (χ0v) is 19.0. The summed E-state index contributed by atoms with van der Waals surface area (Å²) in [6.07, 6.45) is 1.52. The number of amides is 1. The second kappa shape index (κ2) is 11.4. The molecule has 0 radical (unpaired) electrons. The Labute approximate surface area is 193 Å². The highest BCUT2D eigenvalue weighted by Crippen LogP contribution is 2.28. The summed E-state index contributed by atoms with van der Waals surface area (Å²) in [5.74, 6) is 1.38. The van der Waals surface area contributed by atoms with Crippen LogP contribution in [-0.4, -0.2) is 25.8 Å². The molecule has 6 nitrogen and oxygen atoms in total. The van der Waals surface area contributed by atoms with Crippen LogP contribution < -0.4 is 19.6 Å². The first-order valence-electron chi connectivity index (χ1n) is 9.29. The lowest BCUT2D eigenvalue weighted by molar-refractivity contribution is -0.123. The predicted molar refractivity (Wildman–Crippen MR) is 124 cm³/mol. The molecular formula is C23H20BrClN2O4. The maximum absolute atomic E-state index is 11.9. The van der Waals surface area contributed by atoms with Crippen LogP contribution in [0.15, 0.2) is 76.3 Å². The molecule has 0 aliphatic carbocycles. The van der Waals surface area contributed by atoms with Crippen LogP contribution in [0, 0.1) is 0 Å². The number of hydrazone groups is 1. The lowest BCUT2D eigenvalue weighted by Gasteiger charge is -2.11. The van der Waals surface area contributed by atoms with Crippen molar-refractivity contribution in [1.29, 1.82) is 0 Å². The zero-order valence-electron chi connectivity index (χ0n) is 16.7. The van der Waals surface area contributed by atoms with E-state index in [0.717, 1.165) is 15.6 Å². The largest absolute Gasteiger partial charge is 0.493 e. The maximum Gasteiger partial charge on any atom is 0.277 e. The topological polar surface area (TPSA) is 69.2 Å². The standard InChI is InChI=1S/C23H20BrClN2O4/c1-29-22-11-17(7-10-21(22)31-14-16-5-8-19(25)9-6-16)13-26-27-23(28)15-30-20-4-2-3-18(24)12-20/h2-13H,14-15H2,1H3,(H,27,28)/b26-13+. The van der Waals surface area contributed by atoms with Crippen molar-refractivity contribution in [1.82, 2.24) is 5.43 Å². The van der Waals surface area contributed by atoms with Crippen LogP contribution in [0.2, 0.25) is 5.02 Å². The maximum atomic E-state index is 11.9. The monoisotopic (exact) mass is 502 g/mol. The van der Waals surface area contributed by atoms with Gasteiger partial charge in [0.2, 0.25) is 0 Å². The molecule has 160 valence electrons. The van der Waals surface area contributed by atoms with Gasteiger partial charge < -0.3 is 14.2 Å². The molecule has 31 heavy (non-hydrogen) atoms. The molecule has 0 bridgehead atoms. The van der Waals surface area contributed by atoms with Crippen LogP contribution in [0.5, 0.6) is 17.2 Å². The van der Waals surface area contributed by atoms with E-state index < -0.39 is 0 Å². The lowest BCUT2D eigenvalue weighted by Crippen LogP contribution is -2.24. The van der Waals surface area contributed by atoms with E-state index in [1.165, 1.54) is 6.21 Å². The van der Waals surface area contributed by atoms with Gasteiger partial charge >= 0.3 is 0 Å². The van der Waals surface area contributed by atoms with Gasteiger partial charge in [-0.2, -0.15) is 5.10 Å². The van der Waals surface area contributed by atoms with E-state index in [9.17, 15) is 4.79 Å². The van der Waals surface area contributed by atoms with Gasteiger partial charge in [-0.3, -0.25) is 4.79 Å². The summed E-state index contributed by atoms with van der Waals surface area (Å²) < 4.78 is 17.5. The molecule has 0 saturated carbocycles. The van der Waals surface area contributed by atoms with Gasteiger partial charge in [0, 0.05) is 9.50 Å². The third-order valence-corrected chi connectivity index (χ3v) is 4.81. The average Bonchev–Trinajstić information content (AvgIpc) is 2.78. The normalized spacial score (nSPS) is 10.7. The first-order valence-corrected chi connectivity index (χ1v) is 10.5. The Balaban J connectivity index is 1.51. The van der Waals surface area contributed by atoms with Crippen molar-refractivity contribution in [3.05, 3.63) is 87.4 Å². The number of nitrogens with one attached hydrogen (secondary N) is 1. The van der Waals surface area contributed by atoms with E-state index in [1.807, 2.05) is 42.5 Å². The molecule has 1 amide bonds. The van der Waals surface area contributed by atoms with Gasteiger partial charge in [0.1, 0.15) is 12.4 Å². The number of rotatable bonds is 9. The quantitative estimate of drug-likeness (QED) is 0.321. The molecule has 0 heterocycles. The minimum Gasteiger partial charge on any atom is -0.493 e. The minimum absolute atomic E-state index is 0.144. The molecule has 0 aliphatic rings. The van der Waals surface area contributed by atoms with Crippen molar-refractivity contribution in [2.75, 3.05) is 13.7 Å². The van der Waals surface area contributed by atoms with Crippen molar-refractivity contribution in [3.8, 4) is 17.2 Å². The van der Waals surface area contributed by atoms with Gasteiger partial charge in [-0.05, 0) is 59.7 Å². The summed E-state index contributed by atoms with van der Waals surface area (Å²) in [7, 11) is 1.56. The van der Waals surface area contributed by atoms with E-state index in [0.29, 0.717) is 28.9 Å². The molecular weight excluding hydrogens is 484 g/mol. The number of carbonyl (C=O) groups excluding carboxylic acids is 1. The van der Waals surface area contributed by atoms with Crippen molar-refractivity contribution in [2.24, 2.45) is 5.10 Å². The van der Waals surface area contributed by atoms with Crippen LogP contribution in [0.1, 0.15) is 11.1 Å². The summed E-state index contributed by atoms with van der Waals surface area (Å²) in [4.78, 5) is 11.9. The highest BCUT2D eigenvalue weighted by atomic mass is 79.9. The van der Waals surface area contributed by atoms with E-state index in [4.69, 9.17) is 25.8 Å². The molecule has 0 unspecified atom stereocenters. The third-order valence-electron chi connectivity index (χ3n) is 4.06. The van der Waals surface area contributed by atoms with Crippen LogP contribution in [0.3, 0.4) is 0 Å². The van der Waals surface area contributed by atoms with Gasteiger partial charge in [-0.15, -0.1) is 0 Å². The fourth-order valence-electron chi connectivity index (χ4n) is 2.54. The predicted octanol–water partition coefficient (Wildman–Crippen LogP) is 5.22. The highest BCUT2D eigenvalue weighted by Gasteiger charge is 2.06. The molecule has 0 spiro atoms. The average molecular weight is 504 g/mol. The summed E-state index contributed by atoms with van der Waals surface area (Å²) in [6, 6.07) is 20.0. The summed E-state index contributed by atoms with van der Waals surface area (Å²) in [5, 5.41) is 4.63. The van der Waals surface area contributed by atoms with E-state index in [-0.39, 0.29) is 12.5 Å². The van der Waals surface area contributed by atoms with E-state index in [1.54, 1.807) is 31.4 Å². The molecule has 0 saturated heterocycles. The molecule has 1 N–H and O–H groups in total. The van der Waals surface area contributed by atoms with Gasteiger partial charge in [0.25, 0.3) is 5.91 Å². The minimum atomic E-state index is -0.369. The SMILES string of the molecule is COc1cc(/C=N/NC(=O)COc2cccc(Br)c2)ccc1OCc1ccc(Cl)cc1. The molecule has 3 aromatic carbocycles. The molecule has 0 atom stereocenters. The number of ether oxygens (including phenoxy) is 3. The van der Waals surface area contributed by atoms with Crippen molar-refractivity contribution < 1.29 is 19.0 Å². The van der Waals surface area contributed by atoms with Crippen LogP contribution in [0.4, 0.5) is 0 Å². The highest BCUT2D eigenvalue weighted by molar-refractivity contribution is 9.10. The number of benzene rings is 3. The number of hydrogen-bond acceptors (Lipinski definition) is 5. The van der Waals surface area contributed by atoms with Gasteiger partial charge in [0.05, 0.1) is 13.3 Å². The van der Waals surface area contributed by atoms with Crippen LogP contribution in [0.25, 0.3) is 0 Å². The fourth-order valence-corrected chi connectivity index (χ4v) is 3.05. The Bertz CT molecular complexity index is 1060. The number of hydrogen-bond donors (Lipinski definition) is 1. The van der Waals surface area contributed by atoms with E-state index >= 15 is 0 Å². The van der Waals surface area contributed by atoms with Gasteiger partial charge in [-0.25, -0.2) is 5.43 Å². The summed E-state index contributed by atoms with van der Waals surface area (Å²) >= 11 is 9.25. The molecule has 0 aliphatic heterocycles. The van der Waals surface area contributed by atoms with E-state index in [2.05, 4.69) is 26.5 Å². The molecule has 3 rings (SSSR count). The van der Waals surface area contributed by atoms with Crippen LogP contribution >= 0.6 is 27.5 Å². The molecule has 0 aromatic heterocycles. The Kier molecular flexibility index (Phi) is 8.32. The smallest absolute Gasteiger partial charge is 0.277 e. The fraction of sp³-hybridized carbons (Fsp3) is 0.130. The third kappa shape index (κ3) is 7.31. The zero-order chi connectivity index (χ0) is 22.1. The molecule has 3 aromatic rings.